The summed E-state index contributed by atoms with van der Waals surface area (Å²) in [6, 6.07) is 0. The summed E-state index contributed by atoms with van der Waals surface area (Å²) in [5.74, 6) is -0.622. The van der Waals surface area contributed by atoms with E-state index >= 15 is 0 Å². The van der Waals surface area contributed by atoms with Gasteiger partial charge in [-0.3, -0.25) is 14.3 Å². The number of hydrogen-bond donors (Lipinski definition) is 2. The number of rotatable bonds is 4. The third-order valence-electron chi connectivity index (χ3n) is 4.01. The third kappa shape index (κ3) is 3.37. The standard InChI is InChI=1S/C14H21N3O3/c1-9-12(8-17(2)16-9)13(18)15-7-10-3-5-11(6-4-10)14(19)20/h8,10-11H,3-7H2,1-2H3,(H,15,18)(H,19,20). The van der Waals surface area contributed by atoms with E-state index in [4.69, 9.17) is 5.11 Å². The Morgan fingerprint density at radius 2 is 2.05 bits per heavy atom. The quantitative estimate of drug-likeness (QED) is 0.871. The molecule has 1 aromatic heterocycles. The molecule has 0 bridgehead atoms. The van der Waals surface area contributed by atoms with Crippen LogP contribution in [0.25, 0.3) is 0 Å². The summed E-state index contributed by atoms with van der Waals surface area (Å²) in [4.78, 5) is 22.9. The lowest BCUT2D eigenvalue weighted by Gasteiger charge is -2.26. The lowest BCUT2D eigenvalue weighted by Crippen LogP contribution is -2.32. The predicted molar refractivity (Wildman–Crippen MR) is 73.4 cm³/mol. The van der Waals surface area contributed by atoms with Gasteiger partial charge in [0.15, 0.2) is 0 Å². The van der Waals surface area contributed by atoms with Crippen molar-refractivity contribution >= 4 is 11.9 Å². The van der Waals surface area contributed by atoms with Crippen molar-refractivity contribution in [1.82, 2.24) is 15.1 Å². The van der Waals surface area contributed by atoms with Crippen LogP contribution in [-0.2, 0) is 11.8 Å². The molecule has 6 nitrogen and oxygen atoms in total. The van der Waals surface area contributed by atoms with Crippen molar-refractivity contribution in [3.63, 3.8) is 0 Å². The zero-order valence-electron chi connectivity index (χ0n) is 11.9. The number of nitrogens with zero attached hydrogens (tertiary/aromatic N) is 2. The maximum atomic E-state index is 12.0. The third-order valence-corrected chi connectivity index (χ3v) is 4.01. The summed E-state index contributed by atoms with van der Waals surface area (Å²) in [6.07, 6.45) is 4.86. The molecule has 2 rings (SSSR count). The van der Waals surface area contributed by atoms with Gasteiger partial charge < -0.3 is 10.4 Å². The predicted octanol–water partition coefficient (Wildman–Crippen LogP) is 1.35. The monoisotopic (exact) mass is 279 g/mol. The molecule has 1 fully saturated rings. The number of aromatic nitrogens is 2. The van der Waals surface area contributed by atoms with E-state index in [1.165, 1.54) is 0 Å². The SMILES string of the molecule is Cc1nn(C)cc1C(=O)NCC1CCC(C(=O)O)CC1. The minimum Gasteiger partial charge on any atom is -0.481 e. The summed E-state index contributed by atoms with van der Waals surface area (Å²) in [5, 5.41) is 16.0. The van der Waals surface area contributed by atoms with Gasteiger partial charge in [-0.2, -0.15) is 5.10 Å². The van der Waals surface area contributed by atoms with Crippen LogP contribution in [0.2, 0.25) is 0 Å². The number of nitrogens with one attached hydrogen (secondary N) is 1. The number of aliphatic carboxylic acids is 1. The van der Waals surface area contributed by atoms with Crippen molar-refractivity contribution in [2.75, 3.05) is 6.54 Å². The van der Waals surface area contributed by atoms with Crippen LogP contribution in [0.4, 0.5) is 0 Å². The second-order valence-corrected chi connectivity index (χ2v) is 5.57. The van der Waals surface area contributed by atoms with Crippen molar-refractivity contribution in [3.05, 3.63) is 17.5 Å². The Kier molecular flexibility index (Phi) is 4.42. The topological polar surface area (TPSA) is 84.2 Å². The van der Waals surface area contributed by atoms with Crippen LogP contribution in [0.15, 0.2) is 6.20 Å². The highest BCUT2D eigenvalue weighted by atomic mass is 16.4. The van der Waals surface area contributed by atoms with Crippen LogP contribution in [0, 0.1) is 18.8 Å². The number of carbonyl (C=O) groups is 2. The largest absolute Gasteiger partial charge is 0.481 e. The number of carboxylic acids is 1. The van der Waals surface area contributed by atoms with Gasteiger partial charge >= 0.3 is 5.97 Å². The molecule has 0 atom stereocenters. The lowest BCUT2D eigenvalue weighted by atomic mass is 9.82. The van der Waals surface area contributed by atoms with Crippen LogP contribution < -0.4 is 5.32 Å². The molecule has 2 N–H and O–H groups in total. The van der Waals surface area contributed by atoms with E-state index < -0.39 is 5.97 Å². The fourth-order valence-corrected chi connectivity index (χ4v) is 2.77. The molecule has 1 amide bonds. The van der Waals surface area contributed by atoms with Crippen molar-refractivity contribution in [2.24, 2.45) is 18.9 Å². The summed E-state index contributed by atoms with van der Waals surface area (Å²) >= 11 is 0. The first-order chi connectivity index (χ1) is 9.47. The summed E-state index contributed by atoms with van der Waals surface area (Å²) in [7, 11) is 1.79. The van der Waals surface area contributed by atoms with Gasteiger partial charge in [-0.15, -0.1) is 0 Å². The molecule has 0 spiro atoms. The number of aryl methyl sites for hydroxylation is 2. The second kappa shape index (κ2) is 6.07. The zero-order chi connectivity index (χ0) is 14.7. The number of carbonyl (C=O) groups excluding carboxylic acids is 1. The van der Waals surface area contributed by atoms with Crippen LogP contribution in [-0.4, -0.2) is 33.3 Å². The van der Waals surface area contributed by atoms with E-state index in [1.807, 2.05) is 6.92 Å². The fourth-order valence-electron chi connectivity index (χ4n) is 2.77. The molecule has 0 saturated heterocycles. The number of carboxylic acid groups (broad SMARTS) is 1. The molecule has 110 valence electrons. The first kappa shape index (κ1) is 14.6. The van der Waals surface area contributed by atoms with Gasteiger partial charge in [-0.1, -0.05) is 0 Å². The summed E-state index contributed by atoms with van der Waals surface area (Å²) in [6.45, 7) is 2.42. The molecule has 1 heterocycles. The van der Waals surface area contributed by atoms with Crippen molar-refractivity contribution in [3.8, 4) is 0 Å². The average molecular weight is 279 g/mol. The average Bonchev–Trinajstić information content (AvgIpc) is 2.75. The van der Waals surface area contributed by atoms with Gasteiger partial charge in [0, 0.05) is 19.8 Å². The molecular formula is C14H21N3O3. The van der Waals surface area contributed by atoms with Crippen molar-refractivity contribution < 1.29 is 14.7 Å². The lowest BCUT2D eigenvalue weighted by molar-refractivity contribution is -0.143. The smallest absolute Gasteiger partial charge is 0.306 e. The van der Waals surface area contributed by atoms with E-state index in [-0.39, 0.29) is 11.8 Å². The van der Waals surface area contributed by atoms with Gasteiger partial charge in [0.1, 0.15) is 0 Å². The highest BCUT2D eigenvalue weighted by molar-refractivity contribution is 5.94. The molecular weight excluding hydrogens is 258 g/mol. The van der Waals surface area contributed by atoms with Crippen LogP contribution in [0.5, 0.6) is 0 Å². The minimum atomic E-state index is -0.696. The van der Waals surface area contributed by atoms with E-state index in [1.54, 1.807) is 17.9 Å². The Hall–Kier alpha value is -1.85. The Bertz CT molecular complexity index is 502. The van der Waals surface area contributed by atoms with E-state index in [0.717, 1.165) is 18.5 Å². The maximum absolute atomic E-state index is 12.0. The molecule has 0 radical (unpaired) electrons. The molecule has 6 heteroatoms. The van der Waals surface area contributed by atoms with Crippen LogP contribution >= 0.6 is 0 Å². The maximum Gasteiger partial charge on any atom is 0.306 e. The van der Waals surface area contributed by atoms with Gasteiger partial charge in [-0.25, -0.2) is 0 Å². The Labute approximate surface area is 118 Å². The van der Waals surface area contributed by atoms with E-state index in [0.29, 0.717) is 30.9 Å². The first-order valence-electron chi connectivity index (χ1n) is 6.98. The van der Waals surface area contributed by atoms with Crippen molar-refractivity contribution in [1.29, 1.82) is 0 Å². The number of hydrogen-bond acceptors (Lipinski definition) is 3. The summed E-state index contributed by atoms with van der Waals surface area (Å²) in [5.41, 5.74) is 1.33. The molecule has 20 heavy (non-hydrogen) atoms. The normalized spacial score (nSPS) is 22.5. The Morgan fingerprint density at radius 1 is 1.40 bits per heavy atom. The molecule has 0 unspecified atom stereocenters. The second-order valence-electron chi connectivity index (χ2n) is 5.57. The molecule has 1 saturated carbocycles. The highest BCUT2D eigenvalue weighted by Crippen LogP contribution is 2.28. The molecule has 1 aromatic rings. The zero-order valence-corrected chi connectivity index (χ0v) is 11.9. The van der Waals surface area contributed by atoms with E-state index in [9.17, 15) is 9.59 Å². The summed E-state index contributed by atoms with van der Waals surface area (Å²) < 4.78 is 1.63. The fraction of sp³-hybridized carbons (Fsp3) is 0.643. The van der Waals surface area contributed by atoms with Gasteiger partial charge in [0.2, 0.25) is 0 Å². The van der Waals surface area contributed by atoms with Crippen LogP contribution in [0.3, 0.4) is 0 Å². The van der Waals surface area contributed by atoms with Gasteiger partial charge in [-0.05, 0) is 38.5 Å². The van der Waals surface area contributed by atoms with Crippen LogP contribution in [0.1, 0.15) is 41.7 Å². The Balaban J connectivity index is 1.80. The molecule has 0 aromatic carbocycles. The first-order valence-corrected chi connectivity index (χ1v) is 6.98. The van der Waals surface area contributed by atoms with E-state index in [2.05, 4.69) is 10.4 Å². The molecule has 1 aliphatic carbocycles. The van der Waals surface area contributed by atoms with Gasteiger partial charge in [0.05, 0.1) is 17.2 Å². The highest BCUT2D eigenvalue weighted by Gasteiger charge is 2.26. The van der Waals surface area contributed by atoms with Crippen molar-refractivity contribution in [2.45, 2.75) is 32.6 Å². The Morgan fingerprint density at radius 3 is 2.55 bits per heavy atom. The van der Waals surface area contributed by atoms with Gasteiger partial charge in [0.25, 0.3) is 5.91 Å². The number of amides is 1. The minimum absolute atomic E-state index is 0.101. The molecule has 0 aliphatic heterocycles. The molecule has 1 aliphatic rings.